The van der Waals surface area contributed by atoms with Crippen molar-refractivity contribution in [3.05, 3.63) is 70.3 Å². The zero-order chi connectivity index (χ0) is 16.1. The van der Waals surface area contributed by atoms with E-state index in [0.717, 1.165) is 5.69 Å². The van der Waals surface area contributed by atoms with Crippen molar-refractivity contribution in [1.29, 1.82) is 0 Å². The molecule has 2 aromatic carbocycles. The van der Waals surface area contributed by atoms with Crippen molar-refractivity contribution in [2.75, 3.05) is 5.43 Å². The maximum atomic E-state index is 10.7. The first kappa shape index (κ1) is 14.3. The molecule has 0 unspecified atom stereocenters. The Morgan fingerprint density at radius 1 is 1.17 bits per heavy atom. The van der Waals surface area contributed by atoms with Gasteiger partial charge in [-0.05, 0) is 22.6 Å². The fraction of sp³-hybridized carbons (Fsp3) is 0. The van der Waals surface area contributed by atoms with Gasteiger partial charge in [-0.1, -0.05) is 35.4 Å². The van der Waals surface area contributed by atoms with Crippen molar-refractivity contribution in [3.8, 4) is 5.69 Å². The van der Waals surface area contributed by atoms with E-state index in [1.165, 1.54) is 23.0 Å². The number of para-hydroxylation sites is 1. The molecule has 0 bridgehead atoms. The second-order valence-electron chi connectivity index (χ2n) is 4.47. The number of hydrazone groups is 1. The highest BCUT2D eigenvalue weighted by Gasteiger charge is 2.07. The Morgan fingerprint density at radius 2 is 2.00 bits per heavy atom. The summed E-state index contributed by atoms with van der Waals surface area (Å²) in [5, 5.41) is 26.1. The van der Waals surface area contributed by atoms with Crippen molar-refractivity contribution >= 4 is 17.9 Å². The van der Waals surface area contributed by atoms with Crippen molar-refractivity contribution in [2.45, 2.75) is 0 Å². The smallest absolute Gasteiger partial charge is 0.258 e. The molecule has 0 amide bonds. The van der Waals surface area contributed by atoms with Crippen LogP contribution in [0.1, 0.15) is 5.56 Å². The van der Waals surface area contributed by atoms with Crippen molar-refractivity contribution < 1.29 is 4.92 Å². The Labute approximate surface area is 130 Å². The Bertz CT molecular complexity index is 845. The van der Waals surface area contributed by atoms with Crippen LogP contribution in [0.2, 0.25) is 0 Å². The van der Waals surface area contributed by atoms with Gasteiger partial charge in [0.2, 0.25) is 0 Å². The molecule has 0 saturated heterocycles. The third-order valence-electron chi connectivity index (χ3n) is 2.93. The quantitative estimate of drug-likeness (QED) is 0.438. The maximum Gasteiger partial charge on any atom is 0.270 e. The summed E-state index contributed by atoms with van der Waals surface area (Å²) in [6.07, 6.45) is 1.46. The predicted octanol–water partition coefficient (Wildman–Crippen LogP) is 2.02. The molecule has 0 aliphatic heterocycles. The van der Waals surface area contributed by atoms with Gasteiger partial charge in [-0.2, -0.15) is 9.78 Å². The van der Waals surface area contributed by atoms with Crippen molar-refractivity contribution in [1.82, 2.24) is 20.2 Å². The van der Waals surface area contributed by atoms with Crippen LogP contribution in [0.15, 0.2) is 59.7 Å². The number of nitrogens with one attached hydrogen (secondary N) is 1. The number of hydrogen-bond acceptors (Lipinski definition) is 7. The lowest BCUT2D eigenvalue weighted by atomic mass is 10.2. The van der Waals surface area contributed by atoms with Crippen LogP contribution in [0, 0.1) is 10.1 Å². The highest BCUT2D eigenvalue weighted by atomic mass is 16.6. The lowest BCUT2D eigenvalue weighted by molar-refractivity contribution is -0.384. The molecule has 0 spiro atoms. The van der Waals surface area contributed by atoms with Crippen LogP contribution in [0.25, 0.3) is 5.69 Å². The molecule has 3 aromatic rings. The fourth-order valence-electron chi connectivity index (χ4n) is 1.88. The molecule has 1 aromatic heterocycles. The summed E-state index contributed by atoms with van der Waals surface area (Å²) in [6.45, 7) is 0. The van der Waals surface area contributed by atoms with Gasteiger partial charge >= 0.3 is 0 Å². The van der Waals surface area contributed by atoms with Gasteiger partial charge in [-0.3, -0.25) is 10.1 Å². The highest BCUT2D eigenvalue weighted by molar-refractivity contribution is 5.81. The van der Waals surface area contributed by atoms with Gasteiger partial charge in [0.05, 0.1) is 16.8 Å². The molecule has 0 saturated carbocycles. The molecule has 9 heteroatoms. The maximum absolute atomic E-state index is 10.7. The second kappa shape index (κ2) is 6.43. The number of aromatic nitrogens is 4. The molecule has 0 atom stereocenters. The Hall–Kier alpha value is -3.62. The molecule has 3 rings (SSSR count). The van der Waals surface area contributed by atoms with Crippen LogP contribution >= 0.6 is 0 Å². The number of nitrogens with zero attached hydrogens (tertiary/aromatic N) is 6. The molecule has 0 aliphatic rings. The van der Waals surface area contributed by atoms with Crippen LogP contribution in [-0.2, 0) is 0 Å². The van der Waals surface area contributed by atoms with E-state index in [4.69, 9.17) is 0 Å². The van der Waals surface area contributed by atoms with Crippen molar-refractivity contribution in [3.63, 3.8) is 0 Å². The fourth-order valence-corrected chi connectivity index (χ4v) is 1.88. The molecule has 1 heterocycles. The Morgan fingerprint density at radius 3 is 2.78 bits per heavy atom. The minimum absolute atomic E-state index is 0.00284. The minimum Gasteiger partial charge on any atom is -0.258 e. The van der Waals surface area contributed by atoms with Crippen LogP contribution in [0.4, 0.5) is 11.6 Å². The molecule has 1 N–H and O–H groups in total. The number of hydrogen-bond donors (Lipinski definition) is 1. The lowest BCUT2D eigenvalue weighted by Crippen LogP contribution is -2.03. The summed E-state index contributed by atoms with van der Waals surface area (Å²) >= 11 is 0. The number of nitro groups is 1. The standard InChI is InChI=1S/C14H11N7O2/c22-21(23)13-8-4-5-11(9-13)10-15-16-14-17-18-19-20(14)12-6-2-1-3-7-12/h1-10H,(H,16,17,19)/b15-10-. The van der Waals surface area contributed by atoms with E-state index in [2.05, 4.69) is 26.1 Å². The lowest BCUT2D eigenvalue weighted by Gasteiger charge is -2.02. The molecular weight excluding hydrogens is 298 g/mol. The number of tetrazole rings is 1. The zero-order valence-corrected chi connectivity index (χ0v) is 11.8. The predicted molar refractivity (Wildman–Crippen MR) is 83.5 cm³/mol. The van der Waals surface area contributed by atoms with Gasteiger partial charge in [-0.25, -0.2) is 5.43 Å². The van der Waals surface area contributed by atoms with Crippen LogP contribution in [-0.4, -0.2) is 31.3 Å². The van der Waals surface area contributed by atoms with Crippen LogP contribution in [0.3, 0.4) is 0 Å². The first-order valence-corrected chi connectivity index (χ1v) is 6.61. The third-order valence-corrected chi connectivity index (χ3v) is 2.93. The van der Waals surface area contributed by atoms with Gasteiger partial charge in [0.25, 0.3) is 11.6 Å². The summed E-state index contributed by atoms with van der Waals surface area (Å²) < 4.78 is 1.49. The summed E-state index contributed by atoms with van der Waals surface area (Å²) in [7, 11) is 0. The largest absolute Gasteiger partial charge is 0.270 e. The summed E-state index contributed by atoms with van der Waals surface area (Å²) in [5.41, 5.74) is 4.09. The molecule has 0 aliphatic carbocycles. The molecule has 0 fully saturated rings. The van der Waals surface area contributed by atoms with E-state index in [1.54, 1.807) is 12.1 Å². The van der Waals surface area contributed by atoms with E-state index in [1.807, 2.05) is 30.3 Å². The Balaban J connectivity index is 1.76. The number of benzene rings is 2. The molecule has 114 valence electrons. The van der Waals surface area contributed by atoms with E-state index in [-0.39, 0.29) is 5.69 Å². The van der Waals surface area contributed by atoms with E-state index in [0.29, 0.717) is 11.5 Å². The zero-order valence-electron chi connectivity index (χ0n) is 11.8. The highest BCUT2D eigenvalue weighted by Crippen LogP contribution is 2.12. The SMILES string of the molecule is O=[N+]([O-])c1cccc(/C=N\Nc2nnnn2-c2ccccc2)c1. The summed E-state index contributed by atoms with van der Waals surface area (Å²) in [4.78, 5) is 10.3. The molecule has 0 radical (unpaired) electrons. The number of anilines is 1. The average Bonchev–Trinajstić information content (AvgIpc) is 3.04. The van der Waals surface area contributed by atoms with E-state index >= 15 is 0 Å². The summed E-state index contributed by atoms with van der Waals surface area (Å²) in [5.74, 6) is 0.331. The average molecular weight is 309 g/mol. The van der Waals surface area contributed by atoms with E-state index < -0.39 is 4.92 Å². The van der Waals surface area contributed by atoms with Gasteiger partial charge < -0.3 is 0 Å². The first-order chi connectivity index (χ1) is 11.2. The van der Waals surface area contributed by atoms with Crippen LogP contribution < -0.4 is 5.43 Å². The second-order valence-corrected chi connectivity index (χ2v) is 4.47. The van der Waals surface area contributed by atoms with Crippen LogP contribution in [0.5, 0.6) is 0 Å². The van der Waals surface area contributed by atoms with Gasteiger partial charge in [0.15, 0.2) is 0 Å². The topological polar surface area (TPSA) is 111 Å². The molecule has 9 nitrogen and oxygen atoms in total. The van der Waals surface area contributed by atoms with E-state index in [9.17, 15) is 10.1 Å². The third kappa shape index (κ3) is 3.35. The normalized spacial score (nSPS) is 10.8. The molecule has 23 heavy (non-hydrogen) atoms. The summed E-state index contributed by atoms with van der Waals surface area (Å²) in [6, 6.07) is 15.5. The van der Waals surface area contributed by atoms with Gasteiger partial charge in [0, 0.05) is 17.7 Å². The Kier molecular flexibility index (Phi) is 4.01. The van der Waals surface area contributed by atoms with Crippen molar-refractivity contribution in [2.24, 2.45) is 5.10 Å². The van der Waals surface area contributed by atoms with Gasteiger partial charge in [-0.15, -0.1) is 0 Å². The first-order valence-electron chi connectivity index (χ1n) is 6.61. The molecular formula is C14H11N7O2. The minimum atomic E-state index is -0.458. The monoisotopic (exact) mass is 309 g/mol. The number of rotatable bonds is 5. The van der Waals surface area contributed by atoms with Gasteiger partial charge in [0.1, 0.15) is 0 Å². The number of non-ortho nitro benzene ring substituents is 1. The number of nitro benzene ring substituents is 1.